The molecule has 4 nitrogen and oxygen atoms in total. The number of nitrogens with one attached hydrogen (secondary N) is 1. The Balaban J connectivity index is 1.84. The molecule has 0 aliphatic carbocycles. The highest BCUT2D eigenvalue weighted by molar-refractivity contribution is 7.98. The minimum absolute atomic E-state index is 0.119. The van der Waals surface area contributed by atoms with Gasteiger partial charge in [-0.25, -0.2) is 9.97 Å². The Morgan fingerprint density at radius 2 is 1.96 bits per heavy atom. The standard InChI is InChI=1S/C15H8Cl2F3N3OS/c16-8-1-2-9-11(4-8)22-12(23-13(9)24)6-25-14-10(17)3-7(5-21-14)15(18,19)20/h1-5H,6H2,(H,22,23,24). The molecule has 1 N–H and O–H groups in total. The van der Waals surface area contributed by atoms with Crippen LogP contribution in [0, 0.1) is 0 Å². The van der Waals surface area contributed by atoms with Gasteiger partial charge in [-0.2, -0.15) is 13.2 Å². The summed E-state index contributed by atoms with van der Waals surface area (Å²) < 4.78 is 37.8. The second kappa shape index (κ2) is 6.86. The van der Waals surface area contributed by atoms with Crippen LogP contribution in [0.3, 0.4) is 0 Å². The summed E-state index contributed by atoms with van der Waals surface area (Å²) in [5, 5.41) is 0.926. The number of alkyl halides is 3. The number of aromatic amines is 1. The van der Waals surface area contributed by atoms with E-state index in [1.165, 1.54) is 0 Å². The zero-order chi connectivity index (χ0) is 18.2. The fraction of sp³-hybridized carbons (Fsp3) is 0.133. The molecule has 2 aromatic heterocycles. The third-order valence-electron chi connectivity index (χ3n) is 3.20. The van der Waals surface area contributed by atoms with Gasteiger partial charge in [0.05, 0.1) is 27.2 Å². The van der Waals surface area contributed by atoms with Crippen molar-refractivity contribution in [1.82, 2.24) is 15.0 Å². The lowest BCUT2D eigenvalue weighted by molar-refractivity contribution is -0.137. The number of hydrogen-bond donors (Lipinski definition) is 1. The van der Waals surface area contributed by atoms with Crippen LogP contribution >= 0.6 is 35.0 Å². The second-order valence-corrected chi connectivity index (χ2v) is 6.78. The molecule has 0 aliphatic heterocycles. The van der Waals surface area contributed by atoms with Crippen LogP contribution in [0.15, 0.2) is 40.3 Å². The molecule has 0 spiro atoms. The number of aromatic nitrogens is 3. The Kier molecular flexibility index (Phi) is 4.95. The molecule has 0 fully saturated rings. The summed E-state index contributed by atoms with van der Waals surface area (Å²) in [5.41, 5.74) is -0.823. The van der Waals surface area contributed by atoms with Crippen molar-refractivity contribution < 1.29 is 13.2 Å². The number of pyridine rings is 1. The average Bonchev–Trinajstić information content (AvgIpc) is 2.52. The Bertz CT molecular complexity index is 1010. The summed E-state index contributed by atoms with van der Waals surface area (Å²) in [6, 6.07) is 5.52. The number of fused-ring (bicyclic) bond motifs is 1. The number of hydrogen-bond acceptors (Lipinski definition) is 4. The van der Waals surface area contributed by atoms with E-state index in [1.807, 2.05) is 0 Å². The molecular formula is C15H8Cl2F3N3OS. The molecule has 1 aromatic carbocycles. The normalized spacial score (nSPS) is 11.9. The van der Waals surface area contributed by atoms with Crippen LogP contribution in [0.4, 0.5) is 13.2 Å². The molecule has 0 bridgehead atoms. The maximum Gasteiger partial charge on any atom is 0.417 e. The van der Waals surface area contributed by atoms with Gasteiger partial charge in [0.25, 0.3) is 5.56 Å². The first-order chi connectivity index (χ1) is 11.7. The van der Waals surface area contributed by atoms with E-state index in [9.17, 15) is 18.0 Å². The summed E-state index contributed by atoms with van der Waals surface area (Å²) in [6.07, 6.45) is -3.80. The van der Waals surface area contributed by atoms with Gasteiger partial charge in [-0.3, -0.25) is 4.79 Å². The molecule has 0 unspecified atom stereocenters. The second-order valence-electron chi connectivity index (χ2n) is 4.97. The summed E-state index contributed by atoms with van der Waals surface area (Å²) >= 11 is 12.8. The van der Waals surface area contributed by atoms with Crippen LogP contribution in [0.1, 0.15) is 11.4 Å². The quantitative estimate of drug-likeness (QED) is 0.627. The highest BCUT2D eigenvalue weighted by atomic mass is 35.5. The van der Waals surface area contributed by atoms with Gasteiger partial charge in [0.2, 0.25) is 0 Å². The molecule has 0 aliphatic rings. The fourth-order valence-electron chi connectivity index (χ4n) is 2.05. The Morgan fingerprint density at radius 3 is 2.64 bits per heavy atom. The SMILES string of the molecule is O=c1[nH]c(CSc2ncc(C(F)(F)F)cc2Cl)nc2cc(Cl)ccc12. The predicted molar refractivity (Wildman–Crippen MR) is 91.2 cm³/mol. The summed E-state index contributed by atoms with van der Waals surface area (Å²) in [7, 11) is 0. The third kappa shape index (κ3) is 4.08. The van der Waals surface area contributed by atoms with Crippen LogP contribution < -0.4 is 5.56 Å². The van der Waals surface area contributed by atoms with Crippen LogP contribution in [-0.2, 0) is 11.9 Å². The van der Waals surface area contributed by atoms with E-state index in [-0.39, 0.29) is 21.4 Å². The summed E-state index contributed by atoms with van der Waals surface area (Å²) in [4.78, 5) is 22.7. The number of thioether (sulfide) groups is 1. The lowest BCUT2D eigenvalue weighted by Crippen LogP contribution is -2.11. The largest absolute Gasteiger partial charge is 0.417 e. The summed E-state index contributed by atoms with van der Waals surface area (Å²) in [5.74, 6) is 0.512. The Labute approximate surface area is 153 Å². The van der Waals surface area contributed by atoms with E-state index >= 15 is 0 Å². The molecule has 2 heterocycles. The molecule has 0 radical (unpaired) electrons. The molecule has 3 rings (SSSR count). The van der Waals surface area contributed by atoms with Crippen LogP contribution in [0.5, 0.6) is 0 Å². The number of nitrogens with zero attached hydrogens (tertiary/aromatic N) is 2. The van der Waals surface area contributed by atoms with Gasteiger partial charge in [-0.15, -0.1) is 0 Å². The van der Waals surface area contributed by atoms with Crippen molar-refractivity contribution in [1.29, 1.82) is 0 Å². The molecule has 0 atom stereocenters. The number of H-pyrrole nitrogens is 1. The van der Waals surface area contributed by atoms with Crippen molar-refractivity contribution in [3.05, 3.63) is 62.2 Å². The van der Waals surface area contributed by atoms with E-state index in [0.29, 0.717) is 27.9 Å². The van der Waals surface area contributed by atoms with E-state index in [0.717, 1.165) is 17.8 Å². The molecule has 0 saturated carbocycles. The zero-order valence-corrected chi connectivity index (χ0v) is 14.5. The molecule has 0 amide bonds. The molecular weight excluding hydrogens is 398 g/mol. The lowest BCUT2D eigenvalue weighted by atomic mass is 10.2. The van der Waals surface area contributed by atoms with E-state index < -0.39 is 11.7 Å². The monoisotopic (exact) mass is 405 g/mol. The lowest BCUT2D eigenvalue weighted by Gasteiger charge is -2.09. The minimum atomic E-state index is -4.51. The van der Waals surface area contributed by atoms with Gasteiger partial charge in [0, 0.05) is 11.2 Å². The molecule has 10 heteroatoms. The summed E-state index contributed by atoms with van der Waals surface area (Å²) in [6.45, 7) is 0. The molecule has 130 valence electrons. The van der Waals surface area contributed by atoms with E-state index in [2.05, 4.69) is 15.0 Å². The van der Waals surface area contributed by atoms with Crippen molar-refractivity contribution in [2.45, 2.75) is 17.0 Å². The van der Waals surface area contributed by atoms with Gasteiger partial charge < -0.3 is 4.98 Å². The smallest absolute Gasteiger partial charge is 0.309 e. The Hall–Kier alpha value is -1.77. The Morgan fingerprint density at radius 1 is 1.20 bits per heavy atom. The van der Waals surface area contributed by atoms with Crippen molar-refractivity contribution in [3.63, 3.8) is 0 Å². The van der Waals surface area contributed by atoms with Crippen molar-refractivity contribution in [2.24, 2.45) is 0 Å². The third-order valence-corrected chi connectivity index (χ3v) is 4.85. The highest BCUT2D eigenvalue weighted by Gasteiger charge is 2.31. The van der Waals surface area contributed by atoms with Gasteiger partial charge in [-0.05, 0) is 24.3 Å². The topological polar surface area (TPSA) is 58.6 Å². The van der Waals surface area contributed by atoms with E-state index in [1.54, 1.807) is 18.2 Å². The molecule has 3 aromatic rings. The first-order valence-corrected chi connectivity index (χ1v) is 8.52. The zero-order valence-electron chi connectivity index (χ0n) is 12.2. The first kappa shape index (κ1) is 18.0. The highest BCUT2D eigenvalue weighted by Crippen LogP contribution is 2.34. The molecule has 0 saturated heterocycles. The van der Waals surface area contributed by atoms with Gasteiger partial charge in [-0.1, -0.05) is 35.0 Å². The maximum atomic E-state index is 12.6. The van der Waals surface area contributed by atoms with Crippen molar-refractivity contribution in [2.75, 3.05) is 0 Å². The van der Waals surface area contributed by atoms with Crippen LogP contribution in [-0.4, -0.2) is 15.0 Å². The predicted octanol–water partition coefficient (Wildman–Crippen LogP) is 4.94. The van der Waals surface area contributed by atoms with Crippen molar-refractivity contribution in [3.8, 4) is 0 Å². The minimum Gasteiger partial charge on any atom is -0.309 e. The maximum absolute atomic E-state index is 12.6. The fourth-order valence-corrected chi connectivity index (χ4v) is 3.28. The van der Waals surface area contributed by atoms with Crippen LogP contribution in [0.25, 0.3) is 10.9 Å². The first-order valence-electron chi connectivity index (χ1n) is 6.78. The number of halogens is 5. The number of benzene rings is 1. The van der Waals surface area contributed by atoms with Gasteiger partial charge in [0.1, 0.15) is 10.9 Å². The number of rotatable bonds is 3. The van der Waals surface area contributed by atoms with Crippen molar-refractivity contribution >= 4 is 45.9 Å². The average molecular weight is 406 g/mol. The molecule has 25 heavy (non-hydrogen) atoms. The van der Waals surface area contributed by atoms with Gasteiger partial charge in [0.15, 0.2) is 0 Å². The van der Waals surface area contributed by atoms with Gasteiger partial charge >= 0.3 is 6.18 Å². The van der Waals surface area contributed by atoms with E-state index in [4.69, 9.17) is 23.2 Å². The van der Waals surface area contributed by atoms with Crippen LogP contribution in [0.2, 0.25) is 10.0 Å².